The number of unbranched alkanes of at least 4 members (excludes halogenated alkanes) is 1. The molecular weight excluding hydrogens is 238 g/mol. The molecule has 0 aromatic carbocycles. The summed E-state index contributed by atoms with van der Waals surface area (Å²) in [5, 5.41) is 12.4. The van der Waals surface area contributed by atoms with Gasteiger partial charge in [-0.1, -0.05) is 25.7 Å². The average Bonchev–Trinajstić information content (AvgIpc) is 2.64. The van der Waals surface area contributed by atoms with Crippen LogP contribution in [0.15, 0.2) is 0 Å². The van der Waals surface area contributed by atoms with E-state index in [2.05, 4.69) is 30.4 Å². The zero-order valence-electron chi connectivity index (χ0n) is 12.4. The second kappa shape index (κ2) is 8.16. The molecule has 1 saturated carbocycles. The van der Waals surface area contributed by atoms with Gasteiger partial charge in [0.15, 0.2) is 0 Å². The molecule has 0 aromatic rings. The molecule has 19 heavy (non-hydrogen) atoms. The lowest BCUT2D eigenvalue weighted by Crippen LogP contribution is -2.40. The maximum Gasteiger partial charge on any atom is 0.240 e. The van der Waals surface area contributed by atoms with Crippen LogP contribution in [0.3, 0.4) is 0 Å². The van der Waals surface area contributed by atoms with E-state index in [0.717, 1.165) is 57.9 Å². The highest BCUT2D eigenvalue weighted by atomic mass is 16.2. The molecule has 1 rings (SSSR count). The third kappa shape index (κ3) is 5.20. The van der Waals surface area contributed by atoms with Gasteiger partial charge >= 0.3 is 0 Å². The molecule has 1 fully saturated rings. The molecular formula is C15H27N3O. The Morgan fingerprint density at radius 2 is 1.84 bits per heavy atom. The number of hydrogen-bond donors (Lipinski definition) is 1. The maximum absolute atomic E-state index is 12.3. The first-order valence-corrected chi connectivity index (χ1v) is 7.45. The van der Waals surface area contributed by atoms with Gasteiger partial charge in [-0.3, -0.25) is 4.79 Å². The predicted molar refractivity (Wildman–Crippen MR) is 76.5 cm³/mol. The molecule has 0 radical (unpaired) electrons. The second-order valence-electron chi connectivity index (χ2n) is 5.87. The predicted octanol–water partition coefficient (Wildman–Crippen LogP) is 2.31. The van der Waals surface area contributed by atoms with Crippen molar-refractivity contribution in [2.24, 2.45) is 5.41 Å². The Morgan fingerprint density at radius 3 is 2.37 bits per heavy atom. The minimum atomic E-state index is -0.752. The zero-order valence-corrected chi connectivity index (χ0v) is 12.4. The molecule has 1 amide bonds. The van der Waals surface area contributed by atoms with E-state index in [1.807, 2.05) is 0 Å². The molecule has 4 nitrogen and oxygen atoms in total. The Labute approximate surface area is 117 Å². The number of amides is 1. The van der Waals surface area contributed by atoms with E-state index in [1.54, 1.807) is 0 Å². The van der Waals surface area contributed by atoms with Gasteiger partial charge in [-0.05, 0) is 46.3 Å². The number of carbonyl (C=O) groups excluding carboxylic acids is 1. The highest BCUT2D eigenvalue weighted by Gasteiger charge is 2.38. The minimum absolute atomic E-state index is 0.0400. The van der Waals surface area contributed by atoms with Crippen molar-refractivity contribution in [1.29, 1.82) is 5.26 Å². The summed E-state index contributed by atoms with van der Waals surface area (Å²) in [6.45, 7) is 1.73. The Morgan fingerprint density at radius 1 is 1.21 bits per heavy atom. The van der Waals surface area contributed by atoms with Crippen LogP contribution in [-0.4, -0.2) is 38.0 Å². The fraction of sp³-hybridized carbons (Fsp3) is 0.867. The van der Waals surface area contributed by atoms with Crippen molar-refractivity contribution >= 4 is 5.91 Å². The summed E-state index contributed by atoms with van der Waals surface area (Å²) < 4.78 is 0. The van der Waals surface area contributed by atoms with Crippen LogP contribution in [0.1, 0.15) is 51.4 Å². The van der Waals surface area contributed by atoms with Crippen molar-refractivity contribution in [3.63, 3.8) is 0 Å². The van der Waals surface area contributed by atoms with Crippen LogP contribution < -0.4 is 5.32 Å². The molecule has 0 bridgehead atoms. The summed E-state index contributed by atoms with van der Waals surface area (Å²) >= 11 is 0. The first kappa shape index (κ1) is 16.0. The summed E-state index contributed by atoms with van der Waals surface area (Å²) in [5.41, 5.74) is -0.752. The Bertz CT molecular complexity index is 312. The molecule has 0 aromatic heterocycles. The van der Waals surface area contributed by atoms with Crippen LogP contribution in [0.4, 0.5) is 0 Å². The Hall–Kier alpha value is -1.08. The van der Waals surface area contributed by atoms with E-state index in [9.17, 15) is 10.1 Å². The van der Waals surface area contributed by atoms with Crippen molar-refractivity contribution in [2.45, 2.75) is 51.4 Å². The van der Waals surface area contributed by atoms with Gasteiger partial charge in [0.25, 0.3) is 0 Å². The molecule has 1 aliphatic rings. The fourth-order valence-corrected chi connectivity index (χ4v) is 2.65. The molecule has 1 aliphatic carbocycles. The monoisotopic (exact) mass is 265 g/mol. The maximum atomic E-state index is 12.3. The van der Waals surface area contributed by atoms with E-state index >= 15 is 0 Å². The summed E-state index contributed by atoms with van der Waals surface area (Å²) in [6.07, 6.45) is 7.82. The SMILES string of the molecule is CN(C)CCCCNC(=O)C1(C#N)CCCCCC1. The lowest BCUT2D eigenvalue weighted by atomic mass is 9.81. The molecule has 4 heteroatoms. The summed E-state index contributed by atoms with van der Waals surface area (Å²) in [5.74, 6) is -0.0400. The first-order chi connectivity index (χ1) is 9.10. The van der Waals surface area contributed by atoms with Crippen LogP contribution in [0, 0.1) is 16.7 Å². The number of carbonyl (C=O) groups is 1. The van der Waals surface area contributed by atoms with Crippen molar-refractivity contribution in [3.8, 4) is 6.07 Å². The largest absolute Gasteiger partial charge is 0.355 e. The van der Waals surface area contributed by atoms with Crippen LogP contribution in [0.2, 0.25) is 0 Å². The van der Waals surface area contributed by atoms with Crippen LogP contribution in [-0.2, 0) is 4.79 Å². The van der Waals surface area contributed by atoms with Crippen molar-refractivity contribution in [3.05, 3.63) is 0 Å². The summed E-state index contributed by atoms with van der Waals surface area (Å²) in [6, 6.07) is 2.30. The lowest BCUT2D eigenvalue weighted by molar-refractivity contribution is -0.128. The third-order valence-electron chi connectivity index (χ3n) is 3.92. The van der Waals surface area contributed by atoms with E-state index in [4.69, 9.17) is 0 Å². The Balaban J connectivity index is 2.35. The van der Waals surface area contributed by atoms with Crippen LogP contribution in [0.5, 0.6) is 0 Å². The van der Waals surface area contributed by atoms with Gasteiger partial charge < -0.3 is 10.2 Å². The van der Waals surface area contributed by atoms with Crippen molar-refractivity contribution < 1.29 is 4.79 Å². The second-order valence-corrected chi connectivity index (χ2v) is 5.87. The molecule has 0 heterocycles. The number of nitriles is 1. The number of nitrogens with zero attached hydrogens (tertiary/aromatic N) is 2. The highest BCUT2D eigenvalue weighted by Crippen LogP contribution is 2.34. The van der Waals surface area contributed by atoms with Gasteiger partial charge in [0.05, 0.1) is 6.07 Å². The van der Waals surface area contributed by atoms with Crippen LogP contribution >= 0.6 is 0 Å². The normalized spacial score (nSPS) is 18.6. The number of nitrogens with one attached hydrogen (secondary N) is 1. The van der Waals surface area contributed by atoms with Gasteiger partial charge in [0.1, 0.15) is 5.41 Å². The number of hydrogen-bond acceptors (Lipinski definition) is 3. The lowest BCUT2D eigenvalue weighted by Gasteiger charge is -2.23. The van der Waals surface area contributed by atoms with Crippen molar-refractivity contribution in [2.75, 3.05) is 27.2 Å². The van der Waals surface area contributed by atoms with Gasteiger partial charge in [-0.2, -0.15) is 5.26 Å². The van der Waals surface area contributed by atoms with Gasteiger partial charge in [-0.15, -0.1) is 0 Å². The zero-order chi connectivity index (χ0) is 14.1. The fourth-order valence-electron chi connectivity index (χ4n) is 2.65. The van der Waals surface area contributed by atoms with E-state index < -0.39 is 5.41 Å². The average molecular weight is 265 g/mol. The Kier molecular flexibility index (Phi) is 6.86. The van der Waals surface area contributed by atoms with Crippen LogP contribution in [0.25, 0.3) is 0 Å². The standard InChI is InChI=1S/C15H27N3O/c1-18(2)12-8-7-11-17-14(19)15(13-16)9-5-3-4-6-10-15/h3-12H2,1-2H3,(H,17,19). The highest BCUT2D eigenvalue weighted by molar-refractivity contribution is 5.85. The van der Waals surface area contributed by atoms with Gasteiger partial charge in [-0.25, -0.2) is 0 Å². The molecule has 0 aliphatic heterocycles. The summed E-state index contributed by atoms with van der Waals surface area (Å²) in [7, 11) is 4.10. The third-order valence-corrected chi connectivity index (χ3v) is 3.92. The van der Waals surface area contributed by atoms with E-state index in [0.29, 0.717) is 6.54 Å². The topological polar surface area (TPSA) is 56.1 Å². The molecule has 0 atom stereocenters. The minimum Gasteiger partial charge on any atom is -0.355 e. The van der Waals surface area contributed by atoms with Crippen molar-refractivity contribution in [1.82, 2.24) is 10.2 Å². The van der Waals surface area contributed by atoms with E-state index in [1.165, 1.54) is 0 Å². The smallest absolute Gasteiger partial charge is 0.240 e. The molecule has 0 spiro atoms. The first-order valence-electron chi connectivity index (χ1n) is 7.45. The van der Waals surface area contributed by atoms with E-state index in [-0.39, 0.29) is 5.91 Å². The molecule has 0 unspecified atom stereocenters. The molecule has 1 N–H and O–H groups in total. The molecule has 108 valence electrons. The number of rotatable bonds is 6. The molecule has 0 saturated heterocycles. The summed E-state index contributed by atoms with van der Waals surface area (Å²) in [4.78, 5) is 14.4. The quantitative estimate of drug-likeness (QED) is 0.592. The van der Waals surface area contributed by atoms with Gasteiger partial charge in [0.2, 0.25) is 5.91 Å². The van der Waals surface area contributed by atoms with Gasteiger partial charge in [0, 0.05) is 6.54 Å².